The number of rotatable bonds is 4. The number of fused-ring (bicyclic) bond motifs is 1. The monoisotopic (exact) mass is 388 g/mol. The Morgan fingerprint density at radius 3 is 2.67 bits per heavy atom. The number of anilines is 1. The quantitative estimate of drug-likeness (QED) is 0.679. The minimum absolute atomic E-state index is 0.230. The minimum Gasteiger partial charge on any atom is -0.486 e. The fraction of sp³-hybridized carbons (Fsp3) is 0.316. The molecule has 1 aliphatic heterocycles. The number of hydrogen-bond acceptors (Lipinski definition) is 7. The third-order valence-corrected chi connectivity index (χ3v) is 5.47. The third kappa shape index (κ3) is 4.06. The predicted molar refractivity (Wildman–Crippen MR) is 101 cm³/mol. The Morgan fingerprint density at radius 2 is 1.93 bits per heavy atom. The molecule has 0 radical (unpaired) electrons. The van der Waals surface area contributed by atoms with Gasteiger partial charge in [0.25, 0.3) is 6.01 Å². The van der Waals surface area contributed by atoms with Gasteiger partial charge < -0.3 is 18.8 Å². The molecule has 0 bridgehead atoms. The summed E-state index contributed by atoms with van der Waals surface area (Å²) in [6, 6.07) is 14.6. The number of ether oxygens (including phenoxy) is 2. The van der Waals surface area contributed by atoms with Gasteiger partial charge in [-0.15, -0.1) is 0 Å². The standard InChI is InChI=1S/C19H20N2O5S/c1-27(22,23)16-8-6-14(7-9-16)25-15-12-21(10-11-24-13-15)19-20-17-4-2-3-5-18(17)26-19/h2-9,15H,10-13H2,1H3/t15-/m1/s1. The minimum atomic E-state index is -3.23. The highest BCUT2D eigenvalue weighted by molar-refractivity contribution is 7.90. The Bertz CT molecular complexity index is 997. The number of oxazole rings is 1. The van der Waals surface area contributed by atoms with E-state index in [2.05, 4.69) is 4.98 Å². The molecule has 0 aliphatic carbocycles. The Morgan fingerprint density at radius 1 is 1.15 bits per heavy atom. The Hall–Kier alpha value is -2.58. The Kier molecular flexibility index (Phi) is 4.75. The zero-order valence-corrected chi connectivity index (χ0v) is 15.7. The van der Waals surface area contributed by atoms with Crippen LogP contribution in [0.15, 0.2) is 57.8 Å². The van der Waals surface area contributed by atoms with Crippen molar-refractivity contribution in [3.63, 3.8) is 0 Å². The van der Waals surface area contributed by atoms with Crippen molar-refractivity contribution in [3.05, 3.63) is 48.5 Å². The Labute approximate surface area is 157 Å². The molecule has 0 spiro atoms. The fourth-order valence-electron chi connectivity index (χ4n) is 2.98. The molecule has 1 saturated heterocycles. The molecule has 0 saturated carbocycles. The molecular weight excluding hydrogens is 368 g/mol. The van der Waals surface area contributed by atoms with Crippen LogP contribution >= 0.6 is 0 Å². The van der Waals surface area contributed by atoms with Crippen LogP contribution in [-0.2, 0) is 14.6 Å². The molecule has 1 aromatic heterocycles. The van der Waals surface area contributed by atoms with Gasteiger partial charge in [0.2, 0.25) is 0 Å². The smallest absolute Gasteiger partial charge is 0.298 e. The number of hydrogen-bond donors (Lipinski definition) is 0. The van der Waals surface area contributed by atoms with Gasteiger partial charge in [-0.1, -0.05) is 12.1 Å². The van der Waals surface area contributed by atoms with Crippen LogP contribution in [0.5, 0.6) is 5.75 Å². The number of benzene rings is 2. The lowest BCUT2D eigenvalue weighted by molar-refractivity contribution is 0.0730. The van der Waals surface area contributed by atoms with Crippen LogP contribution in [0, 0.1) is 0 Å². The molecule has 1 fully saturated rings. The van der Waals surface area contributed by atoms with E-state index in [9.17, 15) is 8.42 Å². The van der Waals surface area contributed by atoms with Gasteiger partial charge in [-0.2, -0.15) is 4.98 Å². The van der Waals surface area contributed by atoms with E-state index in [0.29, 0.717) is 38.1 Å². The molecule has 7 nitrogen and oxygen atoms in total. The number of aromatic nitrogens is 1. The van der Waals surface area contributed by atoms with E-state index in [4.69, 9.17) is 13.9 Å². The second-order valence-electron chi connectivity index (χ2n) is 6.47. The van der Waals surface area contributed by atoms with Gasteiger partial charge in [-0.05, 0) is 36.4 Å². The number of para-hydroxylation sites is 2. The zero-order chi connectivity index (χ0) is 18.9. The molecule has 3 aromatic rings. The van der Waals surface area contributed by atoms with E-state index in [-0.39, 0.29) is 11.0 Å². The van der Waals surface area contributed by atoms with Crippen LogP contribution in [0.25, 0.3) is 11.1 Å². The van der Waals surface area contributed by atoms with Crippen molar-refractivity contribution in [1.29, 1.82) is 0 Å². The average Bonchev–Trinajstić information content (AvgIpc) is 2.94. The normalized spacial score (nSPS) is 18.4. The van der Waals surface area contributed by atoms with Crippen LogP contribution in [0.3, 0.4) is 0 Å². The van der Waals surface area contributed by atoms with E-state index in [1.807, 2.05) is 29.2 Å². The second kappa shape index (κ2) is 7.21. The molecule has 0 amide bonds. The van der Waals surface area contributed by atoms with E-state index >= 15 is 0 Å². The molecule has 1 aliphatic rings. The maximum absolute atomic E-state index is 11.6. The van der Waals surface area contributed by atoms with Crippen molar-refractivity contribution < 1.29 is 22.3 Å². The van der Waals surface area contributed by atoms with Crippen molar-refractivity contribution >= 4 is 27.0 Å². The van der Waals surface area contributed by atoms with Crippen molar-refractivity contribution in [3.8, 4) is 5.75 Å². The van der Waals surface area contributed by atoms with Crippen molar-refractivity contribution in [2.75, 3.05) is 37.5 Å². The maximum Gasteiger partial charge on any atom is 0.298 e. The van der Waals surface area contributed by atoms with Gasteiger partial charge in [0, 0.05) is 12.8 Å². The summed E-state index contributed by atoms with van der Waals surface area (Å²) in [5.74, 6) is 0.593. The van der Waals surface area contributed by atoms with E-state index in [0.717, 1.165) is 11.1 Å². The maximum atomic E-state index is 11.6. The molecule has 27 heavy (non-hydrogen) atoms. The SMILES string of the molecule is CS(=O)(=O)c1ccc(O[C@H]2COCCN(c3nc4ccccc4o3)C2)cc1. The molecule has 4 rings (SSSR count). The number of sulfone groups is 1. The van der Waals surface area contributed by atoms with Crippen molar-refractivity contribution in [1.82, 2.24) is 4.98 Å². The molecular formula is C19H20N2O5S. The first-order valence-electron chi connectivity index (χ1n) is 8.64. The summed E-state index contributed by atoms with van der Waals surface area (Å²) in [6.45, 7) is 2.19. The molecule has 0 unspecified atom stereocenters. The fourth-order valence-corrected chi connectivity index (χ4v) is 3.61. The molecule has 1 atom stereocenters. The molecule has 2 heterocycles. The predicted octanol–water partition coefficient (Wildman–Crippen LogP) is 2.52. The summed E-state index contributed by atoms with van der Waals surface area (Å²) in [5, 5.41) is 0. The highest BCUT2D eigenvalue weighted by atomic mass is 32.2. The third-order valence-electron chi connectivity index (χ3n) is 4.34. The highest BCUT2D eigenvalue weighted by Crippen LogP contribution is 2.24. The average molecular weight is 388 g/mol. The first-order valence-corrected chi connectivity index (χ1v) is 10.5. The van der Waals surface area contributed by atoms with Crippen molar-refractivity contribution in [2.45, 2.75) is 11.0 Å². The van der Waals surface area contributed by atoms with Gasteiger partial charge in [0.1, 0.15) is 17.4 Å². The molecule has 2 aromatic carbocycles. The summed E-state index contributed by atoms with van der Waals surface area (Å²) in [4.78, 5) is 6.81. The van der Waals surface area contributed by atoms with Gasteiger partial charge in [0.15, 0.2) is 15.4 Å². The van der Waals surface area contributed by atoms with Gasteiger partial charge >= 0.3 is 0 Å². The summed E-state index contributed by atoms with van der Waals surface area (Å²) in [5.41, 5.74) is 1.55. The van der Waals surface area contributed by atoms with Gasteiger partial charge in [-0.3, -0.25) is 0 Å². The summed E-state index contributed by atoms with van der Waals surface area (Å²) < 4.78 is 40.6. The molecule has 8 heteroatoms. The lowest BCUT2D eigenvalue weighted by atomic mass is 10.3. The highest BCUT2D eigenvalue weighted by Gasteiger charge is 2.24. The van der Waals surface area contributed by atoms with Gasteiger partial charge in [-0.25, -0.2) is 8.42 Å². The summed E-state index contributed by atoms with van der Waals surface area (Å²) in [7, 11) is -3.23. The summed E-state index contributed by atoms with van der Waals surface area (Å²) in [6.07, 6.45) is 0.951. The lowest BCUT2D eigenvalue weighted by Crippen LogP contribution is -2.36. The van der Waals surface area contributed by atoms with E-state index in [1.54, 1.807) is 24.3 Å². The van der Waals surface area contributed by atoms with Crippen LogP contribution in [0.4, 0.5) is 6.01 Å². The topological polar surface area (TPSA) is 81.9 Å². The van der Waals surface area contributed by atoms with Crippen LogP contribution in [-0.4, -0.2) is 52.1 Å². The first-order chi connectivity index (χ1) is 13.0. The van der Waals surface area contributed by atoms with Crippen molar-refractivity contribution in [2.24, 2.45) is 0 Å². The number of nitrogens with zero attached hydrogens (tertiary/aromatic N) is 2. The van der Waals surface area contributed by atoms with Crippen LogP contribution < -0.4 is 9.64 Å². The zero-order valence-electron chi connectivity index (χ0n) is 14.9. The van der Waals surface area contributed by atoms with Crippen LogP contribution in [0.1, 0.15) is 0 Å². The van der Waals surface area contributed by atoms with Gasteiger partial charge in [0.05, 0.1) is 24.7 Å². The molecule has 142 valence electrons. The second-order valence-corrected chi connectivity index (χ2v) is 8.48. The Balaban J connectivity index is 1.49. The van der Waals surface area contributed by atoms with E-state index < -0.39 is 9.84 Å². The summed E-state index contributed by atoms with van der Waals surface area (Å²) >= 11 is 0. The molecule has 0 N–H and O–H groups in total. The first kappa shape index (κ1) is 17.8. The van der Waals surface area contributed by atoms with Crippen LogP contribution in [0.2, 0.25) is 0 Å². The largest absolute Gasteiger partial charge is 0.486 e. The van der Waals surface area contributed by atoms with E-state index in [1.165, 1.54) is 6.26 Å². The lowest BCUT2D eigenvalue weighted by Gasteiger charge is -2.22.